The summed E-state index contributed by atoms with van der Waals surface area (Å²) in [4.78, 5) is 32.7. The summed E-state index contributed by atoms with van der Waals surface area (Å²) in [5.74, 6) is 1.47. The van der Waals surface area contributed by atoms with Crippen LogP contribution in [0.1, 0.15) is 29.4 Å². The molecule has 2 aliphatic heterocycles. The summed E-state index contributed by atoms with van der Waals surface area (Å²) in [6.07, 6.45) is 6.78. The van der Waals surface area contributed by atoms with E-state index in [0.717, 1.165) is 83.5 Å². The number of hydrogen-bond donors (Lipinski definition) is 1. The van der Waals surface area contributed by atoms with Gasteiger partial charge in [-0.25, -0.2) is 9.97 Å². The third kappa shape index (κ3) is 5.27. The average molecular weight is 529 g/mol. The summed E-state index contributed by atoms with van der Waals surface area (Å²) < 4.78 is 6.49. The van der Waals surface area contributed by atoms with E-state index in [9.17, 15) is 4.79 Å². The van der Waals surface area contributed by atoms with E-state index < -0.39 is 0 Å². The van der Waals surface area contributed by atoms with Crippen molar-refractivity contribution in [2.24, 2.45) is 11.7 Å². The second kappa shape index (κ2) is 10.8. The van der Waals surface area contributed by atoms with Crippen molar-refractivity contribution >= 4 is 38.8 Å². The van der Waals surface area contributed by atoms with Gasteiger partial charge < -0.3 is 20.3 Å². The largest absolute Gasteiger partial charge is 0.378 e. The first-order chi connectivity index (χ1) is 18.5. The molecular formula is C29H32N6O2S. The van der Waals surface area contributed by atoms with E-state index in [4.69, 9.17) is 15.5 Å². The SMILES string of the molecule is C[C@@H]1C[C@H](N)CN(c2ccncc2CC(=O)c2ccc3sc(-c4ccc(N5CCOCC5)nc4)cc3n2)C1. The van der Waals surface area contributed by atoms with Gasteiger partial charge in [-0.3, -0.25) is 9.78 Å². The van der Waals surface area contributed by atoms with Gasteiger partial charge in [0.1, 0.15) is 11.5 Å². The van der Waals surface area contributed by atoms with E-state index in [1.54, 1.807) is 23.7 Å². The second-order valence-electron chi connectivity index (χ2n) is 10.3. The lowest BCUT2D eigenvalue weighted by Gasteiger charge is -2.37. The van der Waals surface area contributed by atoms with Gasteiger partial charge in [0, 0.05) is 78.9 Å². The highest BCUT2D eigenvalue weighted by Crippen LogP contribution is 2.33. The van der Waals surface area contributed by atoms with Crippen LogP contribution in [0.3, 0.4) is 0 Å². The van der Waals surface area contributed by atoms with Gasteiger partial charge in [-0.2, -0.15) is 0 Å². The minimum Gasteiger partial charge on any atom is -0.378 e. The van der Waals surface area contributed by atoms with Crippen molar-refractivity contribution in [3.8, 4) is 10.4 Å². The van der Waals surface area contributed by atoms with Crippen LogP contribution < -0.4 is 15.5 Å². The van der Waals surface area contributed by atoms with Crippen LogP contribution in [0.5, 0.6) is 0 Å². The molecule has 4 aromatic heterocycles. The molecule has 0 saturated carbocycles. The summed E-state index contributed by atoms with van der Waals surface area (Å²) in [6, 6.07) is 12.2. The number of aromatic nitrogens is 3. The molecule has 38 heavy (non-hydrogen) atoms. The first-order valence-corrected chi connectivity index (χ1v) is 14.0. The Morgan fingerprint density at radius 3 is 2.76 bits per heavy atom. The molecule has 0 unspecified atom stereocenters. The molecular weight excluding hydrogens is 496 g/mol. The van der Waals surface area contributed by atoms with Crippen LogP contribution in [-0.4, -0.2) is 66.2 Å². The number of rotatable bonds is 6. The van der Waals surface area contributed by atoms with Crippen LogP contribution in [0.2, 0.25) is 0 Å². The number of morpholine rings is 1. The number of hydrogen-bond acceptors (Lipinski definition) is 9. The Labute approximate surface area is 226 Å². The number of anilines is 2. The van der Waals surface area contributed by atoms with Gasteiger partial charge in [0.05, 0.1) is 23.4 Å². The maximum absolute atomic E-state index is 13.3. The molecule has 2 aliphatic rings. The van der Waals surface area contributed by atoms with E-state index in [1.165, 1.54) is 0 Å². The Balaban J connectivity index is 1.20. The first-order valence-electron chi connectivity index (χ1n) is 13.2. The molecule has 6 heterocycles. The molecule has 2 N–H and O–H groups in total. The highest BCUT2D eigenvalue weighted by atomic mass is 32.1. The number of pyridine rings is 3. The maximum atomic E-state index is 13.3. The van der Waals surface area contributed by atoms with Crippen molar-refractivity contribution in [3.63, 3.8) is 0 Å². The summed E-state index contributed by atoms with van der Waals surface area (Å²) in [5, 5.41) is 0. The molecule has 0 radical (unpaired) electrons. The fourth-order valence-electron chi connectivity index (χ4n) is 5.46. The normalized spacial score (nSPS) is 20.2. The minimum absolute atomic E-state index is 0.0141. The van der Waals surface area contributed by atoms with Crippen molar-refractivity contribution in [1.82, 2.24) is 15.0 Å². The Morgan fingerprint density at radius 1 is 1.11 bits per heavy atom. The highest BCUT2D eigenvalue weighted by Gasteiger charge is 2.25. The van der Waals surface area contributed by atoms with Crippen molar-refractivity contribution < 1.29 is 9.53 Å². The molecule has 6 rings (SSSR count). The quantitative estimate of drug-likeness (QED) is 0.372. The van der Waals surface area contributed by atoms with Crippen LogP contribution in [0.15, 0.2) is 55.0 Å². The smallest absolute Gasteiger partial charge is 0.185 e. The van der Waals surface area contributed by atoms with Crippen LogP contribution in [0.25, 0.3) is 20.7 Å². The standard InChI is InChI=1S/C29H32N6O2S/c1-19-12-22(30)18-35(17-19)25-6-7-31-15-21(25)13-26(36)23-3-4-27-24(33-23)14-28(38-27)20-2-5-29(32-16-20)34-8-10-37-11-9-34/h2-7,14-16,19,22H,8-13,17-18,30H2,1H3/t19-,22+/m1/s1. The first kappa shape index (κ1) is 24.9. The third-order valence-corrected chi connectivity index (χ3v) is 8.43. The summed E-state index contributed by atoms with van der Waals surface area (Å²) in [6.45, 7) is 7.15. The van der Waals surface area contributed by atoms with Crippen molar-refractivity contribution in [2.75, 3.05) is 49.2 Å². The summed E-state index contributed by atoms with van der Waals surface area (Å²) >= 11 is 1.66. The molecule has 0 aromatic carbocycles. The van der Waals surface area contributed by atoms with Gasteiger partial charge in [0.25, 0.3) is 0 Å². The predicted octanol–water partition coefficient (Wildman–Crippen LogP) is 4.19. The fourth-order valence-corrected chi connectivity index (χ4v) is 6.45. The van der Waals surface area contributed by atoms with E-state index in [2.05, 4.69) is 38.8 Å². The topological polar surface area (TPSA) is 97.5 Å². The Morgan fingerprint density at radius 2 is 1.97 bits per heavy atom. The number of ether oxygens (including phenoxy) is 1. The van der Waals surface area contributed by atoms with Gasteiger partial charge in [0.2, 0.25) is 0 Å². The number of thiophene rings is 1. The molecule has 2 atom stereocenters. The Kier molecular flexibility index (Phi) is 7.06. The molecule has 196 valence electrons. The highest BCUT2D eigenvalue weighted by molar-refractivity contribution is 7.22. The van der Waals surface area contributed by atoms with Crippen molar-refractivity contribution in [3.05, 3.63) is 66.2 Å². The molecule has 0 aliphatic carbocycles. The number of ketones is 1. The molecule has 9 heteroatoms. The fraction of sp³-hybridized carbons (Fsp3) is 0.379. The van der Waals surface area contributed by atoms with Crippen LogP contribution >= 0.6 is 11.3 Å². The van der Waals surface area contributed by atoms with Crippen LogP contribution in [0, 0.1) is 5.92 Å². The lowest BCUT2D eigenvalue weighted by molar-refractivity contribution is 0.0988. The Bertz CT molecular complexity index is 1420. The average Bonchev–Trinajstić information content (AvgIpc) is 3.37. The van der Waals surface area contributed by atoms with Gasteiger partial charge in [-0.05, 0) is 48.7 Å². The molecule has 8 nitrogen and oxygen atoms in total. The monoisotopic (exact) mass is 528 g/mol. The molecule has 2 saturated heterocycles. The van der Waals surface area contributed by atoms with Crippen molar-refractivity contribution in [2.45, 2.75) is 25.8 Å². The van der Waals surface area contributed by atoms with E-state index >= 15 is 0 Å². The number of nitrogens with zero attached hydrogens (tertiary/aromatic N) is 5. The van der Waals surface area contributed by atoms with Gasteiger partial charge >= 0.3 is 0 Å². The van der Waals surface area contributed by atoms with E-state index in [-0.39, 0.29) is 18.2 Å². The lowest BCUT2D eigenvalue weighted by Crippen LogP contribution is -2.46. The van der Waals surface area contributed by atoms with Gasteiger partial charge in [-0.1, -0.05) is 6.92 Å². The zero-order chi connectivity index (χ0) is 26.1. The number of nitrogens with two attached hydrogens (primary N) is 1. The summed E-state index contributed by atoms with van der Waals surface area (Å²) in [7, 11) is 0. The molecule has 2 fully saturated rings. The van der Waals surface area contributed by atoms with E-state index in [1.807, 2.05) is 30.5 Å². The second-order valence-corrected chi connectivity index (χ2v) is 11.4. The third-order valence-electron chi connectivity index (χ3n) is 7.29. The van der Waals surface area contributed by atoms with Crippen molar-refractivity contribution in [1.29, 1.82) is 0 Å². The van der Waals surface area contributed by atoms with Crippen LogP contribution in [0.4, 0.5) is 11.5 Å². The molecule has 0 bridgehead atoms. The van der Waals surface area contributed by atoms with Crippen LogP contribution in [-0.2, 0) is 11.2 Å². The van der Waals surface area contributed by atoms with Gasteiger partial charge in [-0.15, -0.1) is 11.3 Å². The number of carbonyl (C=O) groups excluding carboxylic acids is 1. The zero-order valence-electron chi connectivity index (χ0n) is 21.5. The number of carbonyl (C=O) groups is 1. The molecule has 0 amide bonds. The van der Waals surface area contributed by atoms with E-state index in [0.29, 0.717) is 11.6 Å². The molecule has 0 spiro atoms. The number of fused-ring (bicyclic) bond motifs is 1. The number of piperidine rings is 1. The predicted molar refractivity (Wildman–Crippen MR) is 152 cm³/mol. The minimum atomic E-state index is -0.0141. The molecule has 4 aromatic rings. The van der Waals surface area contributed by atoms with Gasteiger partial charge in [0.15, 0.2) is 5.78 Å². The number of Topliss-reactive ketones (excluding diaryl/α,β-unsaturated/α-hetero) is 1. The lowest BCUT2D eigenvalue weighted by atomic mass is 9.95. The maximum Gasteiger partial charge on any atom is 0.185 e. The Hall–Kier alpha value is -3.40. The summed E-state index contributed by atoms with van der Waals surface area (Å²) in [5.41, 5.74) is 10.6. The zero-order valence-corrected chi connectivity index (χ0v) is 22.4.